The summed E-state index contributed by atoms with van der Waals surface area (Å²) in [5.74, 6) is 0. The molecule has 0 aliphatic carbocycles. The molecule has 7 heteroatoms. The molecular formula is C14H21BrN2O3S. The number of aryl methyl sites for hydroxylation is 1. The van der Waals surface area contributed by atoms with Gasteiger partial charge in [-0.15, -0.1) is 0 Å². The fraction of sp³-hybridized carbons (Fsp3) is 0.571. The Balaban J connectivity index is 2.13. The van der Waals surface area contributed by atoms with E-state index in [2.05, 4.69) is 26.0 Å². The largest absolute Gasteiger partial charge is 0.383 e. The van der Waals surface area contributed by atoms with Crippen LogP contribution in [0.25, 0.3) is 0 Å². The first kappa shape index (κ1) is 16.9. The van der Waals surface area contributed by atoms with E-state index in [1.165, 1.54) is 0 Å². The zero-order valence-corrected chi connectivity index (χ0v) is 14.7. The molecular weight excluding hydrogens is 356 g/mol. The van der Waals surface area contributed by atoms with Gasteiger partial charge in [-0.05, 0) is 50.1 Å². The minimum atomic E-state index is -3.52. The number of ether oxygens (including phenoxy) is 1. The number of nitrogens with one attached hydrogen (secondary N) is 2. The molecule has 0 amide bonds. The van der Waals surface area contributed by atoms with Gasteiger partial charge in [-0.2, -0.15) is 0 Å². The number of hydrogen-bond acceptors (Lipinski definition) is 4. The molecule has 118 valence electrons. The first-order valence-corrected chi connectivity index (χ1v) is 9.15. The fourth-order valence-electron chi connectivity index (χ4n) is 2.64. The van der Waals surface area contributed by atoms with Crippen LogP contribution in [0.4, 0.5) is 0 Å². The summed E-state index contributed by atoms with van der Waals surface area (Å²) in [5, 5.41) is 3.36. The van der Waals surface area contributed by atoms with Crippen molar-refractivity contribution >= 4 is 26.0 Å². The van der Waals surface area contributed by atoms with Gasteiger partial charge in [-0.1, -0.05) is 15.9 Å². The maximum absolute atomic E-state index is 12.4. The Kier molecular flexibility index (Phi) is 5.43. The lowest BCUT2D eigenvalue weighted by atomic mass is 9.99. The Labute approximate surface area is 134 Å². The Bertz CT molecular complexity index is 578. The van der Waals surface area contributed by atoms with Gasteiger partial charge in [0.2, 0.25) is 10.0 Å². The topological polar surface area (TPSA) is 67.4 Å². The average molecular weight is 377 g/mol. The fourth-order valence-corrected chi connectivity index (χ4v) is 4.66. The number of hydrogen-bond donors (Lipinski definition) is 2. The first-order chi connectivity index (χ1) is 9.87. The lowest BCUT2D eigenvalue weighted by Crippen LogP contribution is -2.52. The molecule has 0 spiro atoms. The highest BCUT2D eigenvalue weighted by Crippen LogP contribution is 2.22. The molecule has 0 bridgehead atoms. The predicted octanol–water partition coefficient (Wildman–Crippen LogP) is 1.80. The number of rotatable bonds is 6. The number of benzene rings is 1. The summed E-state index contributed by atoms with van der Waals surface area (Å²) in [7, 11) is -1.89. The molecule has 1 aliphatic heterocycles. The predicted molar refractivity (Wildman–Crippen MR) is 85.9 cm³/mol. The van der Waals surface area contributed by atoms with Crippen molar-refractivity contribution in [3.05, 3.63) is 28.2 Å². The normalized spacial score (nSPS) is 22.6. The molecule has 2 rings (SSSR count). The lowest BCUT2D eigenvalue weighted by Gasteiger charge is -2.28. The van der Waals surface area contributed by atoms with Crippen molar-refractivity contribution in [2.45, 2.75) is 30.2 Å². The Morgan fingerprint density at radius 1 is 1.43 bits per heavy atom. The minimum absolute atomic E-state index is 0.278. The molecule has 0 radical (unpaired) electrons. The molecule has 0 saturated carbocycles. The Hall–Kier alpha value is -0.470. The van der Waals surface area contributed by atoms with Crippen LogP contribution in [-0.4, -0.2) is 40.8 Å². The first-order valence-electron chi connectivity index (χ1n) is 6.88. The second-order valence-corrected chi connectivity index (χ2v) is 8.22. The van der Waals surface area contributed by atoms with Crippen molar-refractivity contribution in [1.82, 2.24) is 10.0 Å². The van der Waals surface area contributed by atoms with E-state index in [0.29, 0.717) is 13.2 Å². The van der Waals surface area contributed by atoms with Gasteiger partial charge in [-0.25, -0.2) is 13.1 Å². The molecule has 1 heterocycles. The smallest absolute Gasteiger partial charge is 0.240 e. The molecule has 1 unspecified atom stereocenters. The molecule has 1 atom stereocenters. The number of halogens is 1. The molecule has 1 saturated heterocycles. The lowest BCUT2D eigenvalue weighted by molar-refractivity contribution is 0.122. The molecule has 2 N–H and O–H groups in total. The second-order valence-electron chi connectivity index (χ2n) is 5.53. The van der Waals surface area contributed by atoms with Crippen LogP contribution in [0.5, 0.6) is 0 Å². The molecule has 1 aromatic rings. The van der Waals surface area contributed by atoms with Crippen LogP contribution in [0.2, 0.25) is 0 Å². The van der Waals surface area contributed by atoms with E-state index >= 15 is 0 Å². The Morgan fingerprint density at radius 3 is 2.76 bits per heavy atom. The highest BCUT2D eigenvalue weighted by atomic mass is 79.9. The Morgan fingerprint density at radius 2 is 2.19 bits per heavy atom. The highest BCUT2D eigenvalue weighted by molar-refractivity contribution is 9.10. The van der Waals surface area contributed by atoms with Crippen LogP contribution in [-0.2, 0) is 14.8 Å². The quantitative estimate of drug-likeness (QED) is 0.794. The molecule has 0 aromatic heterocycles. The molecule has 21 heavy (non-hydrogen) atoms. The average Bonchev–Trinajstić information content (AvgIpc) is 2.85. The van der Waals surface area contributed by atoms with Crippen molar-refractivity contribution in [1.29, 1.82) is 0 Å². The van der Waals surface area contributed by atoms with E-state index in [1.54, 1.807) is 19.2 Å². The summed E-state index contributed by atoms with van der Waals surface area (Å²) in [6.07, 6.45) is 1.93. The summed E-state index contributed by atoms with van der Waals surface area (Å²) < 4.78 is 33.6. The van der Waals surface area contributed by atoms with Crippen LogP contribution in [0.1, 0.15) is 18.4 Å². The molecule has 1 aliphatic rings. The van der Waals surface area contributed by atoms with Crippen LogP contribution in [0.3, 0.4) is 0 Å². The summed E-state index contributed by atoms with van der Waals surface area (Å²) in [6.45, 7) is 3.58. The van der Waals surface area contributed by atoms with Crippen molar-refractivity contribution in [3.8, 4) is 0 Å². The van der Waals surface area contributed by atoms with Gasteiger partial charge in [0.15, 0.2) is 0 Å². The van der Waals surface area contributed by atoms with E-state index in [0.717, 1.165) is 29.4 Å². The van der Waals surface area contributed by atoms with Gasteiger partial charge >= 0.3 is 0 Å². The second kappa shape index (κ2) is 6.75. The van der Waals surface area contributed by atoms with E-state index in [-0.39, 0.29) is 10.4 Å². The van der Waals surface area contributed by atoms with Crippen molar-refractivity contribution < 1.29 is 13.2 Å². The summed E-state index contributed by atoms with van der Waals surface area (Å²) >= 11 is 3.33. The van der Waals surface area contributed by atoms with Gasteiger partial charge in [0.05, 0.1) is 17.0 Å². The monoisotopic (exact) mass is 376 g/mol. The zero-order chi connectivity index (χ0) is 15.5. The van der Waals surface area contributed by atoms with E-state index in [1.807, 2.05) is 13.0 Å². The van der Waals surface area contributed by atoms with E-state index in [9.17, 15) is 8.42 Å². The molecule has 1 fully saturated rings. The van der Waals surface area contributed by atoms with Gasteiger partial charge in [0.25, 0.3) is 0 Å². The van der Waals surface area contributed by atoms with Crippen LogP contribution in [0.15, 0.2) is 27.6 Å². The third-order valence-electron chi connectivity index (χ3n) is 3.68. The highest BCUT2D eigenvalue weighted by Gasteiger charge is 2.34. The number of sulfonamides is 1. The van der Waals surface area contributed by atoms with Crippen LogP contribution < -0.4 is 10.0 Å². The van der Waals surface area contributed by atoms with Gasteiger partial charge in [-0.3, -0.25) is 0 Å². The summed E-state index contributed by atoms with van der Waals surface area (Å²) in [4.78, 5) is 0.278. The van der Waals surface area contributed by atoms with Gasteiger partial charge in [0, 0.05) is 18.1 Å². The maximum Gasteiger partial charge on any atom is 0.240 e. The number of methoxy groups -OCH3 is 1. The van der Waals surface area contributed by atoms with Crippen LogP contribution in [0, 0.1) is 6.92 Å². The SMILES string of the molecule is COCC1(CNS(=O)(=O)c2cc(C)cc(Br)c2)CCCN1. The minimum Gasteiger partial charge on any atom is -0.383 e. The zero-order valence-electron chi connectivity index (χ0n) is 12.3. The summed E-state index contributed by atoms with van der Waals surface area (Å²) in [5.41, 5.74) is 0.596. The van der Waals surface area contributed by atoms with Crippen LogP contribution >= 0.6 is 15.9 Å². The van der Waals surface area contributed by atoms with Crippen molar-refractivity contribution in [2.24, 2.45) is 0 Å². The van der Waals surface area contributed by atoms with E-state index < -0.39 is 10.0 Å². The van der Waals surface area contributed by atoms with Gasteiger partial charge in [0.1, 0.15) is 0 Å². The van der Waals surface area contributed by atoms with Crippen molar-refractivity contribution in [2.75, 3.05) is 26.8 Å². The van der Waals surface area contributed by atoms with E-state index in [4.69, 9.17) is 4.74 Å². The molecule has 5 nitrogen and oxygen atoms in total. The van der Waals surface area contributed by atoms with Crippen molar-refractivity contribution in [3.63, 3.8) is 0 Å². The third-order valence-corrected chi connectivity index (χ3v) is 5.52. The third kappa shape index (κ3) is 4.26. The van der Waals surface area contributed by atoms with Gasteiger partial charge < -0.3 is 10.1 Å². The maximum atomic E-state index is 12.4. The molecule has 1 aromatic carbocycles. The summed E-state index contributed by atoms with van der Waals surface area (Å²) in [6, 6.07) is 5.16. The standard InChI is InChI=1S/C14H21BrN2O3S/c1-11-6-12(15)8-13(7-11)21(18,19)17-9-14(10-20-2)4-3-5-16-14/h6-8,16-17H,3-5,9-10H2,1-2H3.